The minimum absolute atomic E-state index is 0.0182. The molecule has 3 aliphatic rings. The zero-order valence-corrected chi connectivity index (χ0v) is 13.8. The van der Waals surface area contributed by atoms with Gasteiger partial charge in [-0.15, -0.1) is 0 Å². The van der Waals surface area contributed by atoms with Gasteiger partial charge in [-0.3, -0.25) is 10.1 Å². The lowest BCUT2D eigenvalue weighted by Gasteiger charge is -2.47. The highest BCUT2D eigenvalue weighted by molar-refractivity contribution is 5.98. The van der Waals surface area contributed by atoms with E-state index in [0.29, 0.717) is 32.5 Å². The van der Waals surface area contributed by atoms with Crippen LogP contribution in [0.5, 0.6) is 0 Å². The Labute approximate surface area is 140 Å². The molecule has 6 unspecified atom stereocenters. The van der Waals surface area contributed by atoms with Crippen LogP contribution in [-0.4, -0.2) is 56.9 Å². The van der Waals surface area contributed by atoms with Crippen LogP contribution >= 0.6 is 0 Å². The van der Waals surface area contributed by atoms with Gasteiger partial charge < -0.3 is 19.5 Å². The van der Waals surface area contributed by atoms with Crippen molar-refractivity contribution >= 4 is 11.9 Å². The summed E-state index contributed by atoms with van der Waals surface area (Å²) in [4.78, 5) is 23.3. The molecule has 3 amide bonds. The summed E-state index contributed by atoms with van der Waals surface area (Å²) in [5, 5.41) is 4.87. The number of hydrogen-bond acceptors (Lipinski definition) is 5. The van der Waals surface area contributed by atoms with Gasteiger partial charge in [0.25, 0.3) is 0 Å². The van der Waals surface area contributed by atoms with E-state index < -0.39 is 30.5 Å². The van der Waals surface area contributed by atoms with Gasteiger partial charge in [-0.1, -0.05) is 0 Å². The van der Waals surface area contributed by atoms with Crippen molar-refractivity contribution in [1.82, 2.24) is 10.6 Å². The number of methoxy groups -OCH3 is 1. The molecule has 0 aromatic heterocycles. The second kappa shape index (κ2) is 7.76. The third-order valence-corrected chi connectivity index (χ3v) is 5.09. The second-order valence-corrected chi connectivity index (χ2v) is 6.76. The van der Waals surface area contributed by atoms with E-state index in [-0.39, 0.29) is 17.9 Å². The maximum atomic E-state index is 14.4. The Morgan fingerprint density at radius 3 is 2.79 bits per heavy atom. The molecular weight excluding hydrogens is 319 g/mol. The maximum absolute atomic E-state index is 14.4. The molecule has 0 spiro atoms. The number of fused-ring (bicyclic) bond motifs is 2. The van der Waals surface area contributed by atoms with Crippen molar-refractivity contribution in [2.75, 3.05) is 20.3 Å². The number of amides is 3. The van der Waals surface area contributed by atoms with Crippen LogP contribution < -0.4 is 10.6 Å². The number of ether oxygens (including phenoxy) is 3. The predicted molar refractivity (Wildman–Crippen MR) is 81.9 cm³/mol. The summed E-state index contributed by atoms with van der Waals surface area (Å²) in [6, 6.07) is -0.537. The van der Waals surface area contributed by atoms with Crippen molar-refractivity contribution in [2.45, 2.75) is 56.7 Å². The highest BCUT2D eigenvalue weighted by atomic mass is 19.1. The Balaban J connectivity index is 1.53. The van der Waals surface area contributed by atoms with Gasteiger partial charge in [0.05, 0.1) is 18.1 Å². The Hall–Kier alpha value is -1.25. The number of imide groups is 1. The molecule has 0 bridgehead atoms. The summed E-state index contributed by atoms with van der Waals surface area (Å²) in [6.07, 6.45) is 0.686. The molecule has 3 rings (SSSR count). The van der Waals surface area contributed by atoms with Crippen molar-refractivity contribution in [3.05, 3.63) is 0 Å². The predicted octanol–water partition coefficient (Wildman–Crippen LogP) is 1.12. The molecule has 2 saturated heterocycles. The summed E-state index contributed by atoms with van der Waals surface area (Å²) in [6.45, 7) is 1.17. The summed E-state index contributed by atoms with van der Waals surface area (Å²) >= 11 is 0. The number of carbonyl (C=O) groups is 2. The van der Waals surface area contributed by atoms with Gasteiger partial charge >= 0.3 is 6.03 Å². The summed E-state index contributed by atoms with van der Waals surface area (Å²) in [5.41, 5.74) is 0. The maximum Gasteiger partial charge on any atom is 0.323 e. The average molecular weight is 344 g/mol. The van der Waals surface area contributed by atoms with Crippen molar-refractivity contribution < 1.29 is 28.2 Å². The molecule has 6 atom stereocenters. The summed E-state index contributed by atoms with van der Waals surface area (Å²) in [5.74, 6) is -0.799. The van der Waals surface area contributed by atoms with E-state index in [2.05, 4.69) is 10.6 Å². The Bertz CT molecular complexity index is 477. The molecule has 1 saturated carbocycles. The minimum Gasteiger partial charge on any atom is -0.385 e. The number of urea groups is 1. The van der Waals surface area contributed by atoms with E-state index in [9.17, 15) is 14.0 Å². The zero-order valence-electron chi connectivity index (χ0n) is 13.8. The van der Waals surface area contributed by atoms with E-state index in [1.807, 2.05) is 0 Å². The van der Waals surface area contributed by atoms with E-state index in [1.165, 1.54) is 0 Å². The van der Waals surface area contributed by atoms with Gasteiger partial charge in [-0.05, 0) is 31.6 Å². The van der Waals surface area contributed by atoms with E-state index in [4.69, 9.17) is 14.2 Å². The fourth-order valence-corrected chi connectivity index (χ4v) is 3.81. The monoisotopic (exact) mass is 344 g/mol. The van der Waals surface area contributed by atoms with Crippen molar-refractivity contribution in [3.8, 4) is 0 Å². The molecule has 3 fully saturated rings. The van der Waals surface area contributed by atoms with Crippen LogP contribution in [0.3, 0.4) is 0 Å². The van der Waals surface area contributed by atoms with Crippen LogP contribution in [0.1, 0.15) is 32.1 Å². The molecule has 2 aliphatic heterocycles. The number of alkyl halides is 1. The number of carbonyl (C=O) groups excluding carboxylic acids is 2. The van der Waals surface area contributed by atoms with Crippen LogP contribution in [0.15, 0.2) is 0 Å². The first kappa shape index (κ1) is 17.6. The number of nitrogens with one attached hydrogen (secondary N) is 2. The molecule has 0 aromatic rings. The first-order chi connectivity index (χ1) is 11.6. The van der Waals surface area contributed by atoms with Gasteiger partial charge in [0.2, 0.25) is 5.91 Å². The van der Waals surface area contributed by atoms with Crippen LogP contribution in [0.2, 0.25) is 0 Å². The van der Waals surface area contributed by atoms with Crippen LogP contribution in [0.4, 0.5) is 9.18 Å². The molecule has 2 N–H and O–H groups in total. The van der Waals surface area contributed by atoms with Crippen LogP contribution in [-0.2, 0) is 19.0 Å². The molecule has 136 valence electrons. The minimum atomic E-state index is -1.05. The normalized spacial score (nSPS) is 38.8. The van der Waals surface area contributed by atoms with Gasteiger partial charge in [0.1, 0.15) is 12.4 Å². The zero-order chi connectivity index (χ0) is 17.1. The van der Waals surface area contributed by atoms with Crippen molar-refractivity contribution in [2.24, 2.45) is 11.8 Å². The molecule has 1 aliphatic carbocycles. The fraction of sp³-hybridized carbons (Fsp3) is 0.875. The first-order valence-electron chi connectivity index (χ1n) is 8.60. The van der Waals surface area contributed by atoms with Gasteiger partial charge in [-0.2, -0.15) is 0 Å². The lowest BCUT2D eigenvalue weighted by Crippen LogP contribution is -2.64. The molecule has 8 heteroatoms. The number of halogens is 1. The molecule has 24 heavy (non-hydrogen) atoms. The van der Waals surface area contributed by atoms with Gasteiger partial charge in [0.15, 0.2) is 0 Å². The summed E-state index contributed by atoms with van der Waals surface area (Å²) in [7, 11) is 1.65. The SMILES string of the molecule is COCCCCOC1CC2OC3NC(=O)NC(=O)C3CC2CC1F. The van der Waals surface area contributed by atoms with Crippen molar-refractivity contribution in [3.63, 3.8) is 0 Å². The van der Waals surface area contributed by atoms with Crippen molar-refractivity contribution in [1.29, 1.82) is 0 Å². The van der Waals surface area contributed by atoms with Gasteiger partial charge in [0, 0.05) is 26.7 Å². The highest BCUT2D eigenvalue weighted by Gasteiger charge is 2.49. The number of hydrogen-bond donors (Lipinski definition) is 2. The lowest BCUT2D eigenvalue weighted by atomic mass is 9.75. The Morgan fingerprint density at radius 2 is 2.00 bits per heavy atom. The molecule has 7 nitrogen and oxygen atoms in total. The molecule has 0 aromatic carbocycles. The molecule has 2 heterocycles. The fourth-order valence-electron chi connectivity index (χ4n) is 3.81. The third kappa shape index (κ3) is 3.87. The average Bonchev–Trinajstić information content (AvgIpc) is 2.54. The Kier molecular flexibility index (Phi) is 5.68. The number of rotatable bonds is 6. The smallest absolute Gasteiger partial charge is 0.323 e. The second-order valence-electron chi connectivity index (χ2n) is 6.76. The molecular formula is C16H25FN2O5. The van der Waals surface area contributed by atoms with E-state index in [1.54, 1.807) is 7.11 Å². The van der Waals surface area contributed by atoms with Gasteiger partial charge in [-0.25, -0.2) is 9.18 Å². The topological polar surface area (TPSA) is 85.9 Å². The van der Waals surface area contributed by atoms with E-state index in [0.717, 1.165) is 12.8 Å². The van der Waals surface area contributed by atoms with Crippen LogP contribution in [0.25, 0.3) is 0 Å². The third-order valence-electron chi connectivity index (χ3n) is 5.09. The van der Waals surface area contributed by atoms with Crippen LogP contribution in [0, 0.1) is 11.8 Å². The largest absolute Gasteiger partial charge is 0.385 e. The molecule has 0 radical (unpaired) electrons. The highest BCUT2D eigenvalue weighted by Crippen LogP contribution is 2.40. The number of unbranched alkanes of at least 4 members (excludes halogenated alkanes) is 1. The Morgan fingerprint density at radius 1 is 1.21 bits per heavy atom. The summed E-state index contributed by atoms with van der Waals surface area (Å²) < 4.78 is 31.0. The standard InChI is InChI=1S/C16H25FN2O5/c1-22-4-2-3-5-23-13-8-12-9(7-11(13)17)6-10-14(20)18-16(21)19-15(10)24-12/h9-13,15H,2-8H2,1H3,(H2,18,19,20,21). The quantitative estimate of drug-likeness (QED) is 0.705. The van der Waals surface area contributed by atoms with E-state index >= 15 is 0 Å². The first-order valence-corrected chi connectivity index (χ1v) is 8.60. The lowest BCUT2D eigenvalue weighted by molar-refractivity contribution is -0.182.